The molecule has 7 nitrogen and oxygen atoms in total. The van der Waals surface area contributed by atoms with Gasteiger partial charge >= 0.3 is 0 Å². The molecule has 0 radical (unpaired) electrons. The van der Waals surface area contributed by atoms with Gasteiger partial charge in [-0.25, -0.2) is 4.98 Å². The van der Waals surface area contributed by atoms with Gasteiger partial charge in [0.25, 0.3) is 5.91 Å². The predicted octanol–water partition coefficient (Wildman–Crippen LogP) is 3.13. The van der Waals surface area contributed by atoms with Crippen molar-refractivity contribution < 1.29 is 14.3 Å². The number of imidazole rings is 1. The summed E-state index contributed by atoms with van der Waals surface area (Å²) in [7, 11) is 1.71. The van der Waals surface area contributed by atoms with Crippen molar-refractivity contribution in [3.8, 4) is 0 Å². The largest absolute Gasteiger partial charge is 0.385 e. The Morgan fingerprint density at radius 2 is 2.03 bits per heavy atom. The predicted molar refractivity (Wildman–Crippen MR) is 122 cm³/mol. The summed E-state index contributed by atoms with van der Waals surface area (Å²) < 4.78 is 7.24. The SMILES string of the molecule is COCCCCn1c(C(=O)N(CC(C)C)[C@@H]2CNC[C@H](C(C)=O)C2)nc2ccccc21. The number of amides is 1. The van der Waals surface area contributed by atoms with Crippen LogP contribution in [-0.4, -0.2) is 65.5 Å². The number of piperidine rings is 1. The smallest absolute Gasteiger partial charge is 0.290 e. The number of benzene rings is 1. The quantitative estimate of drug-likeness (QED) is 0.589. The van der Waals surface area contributed by atoms with Crippen molar-refractivity contribution >= 4 is 22.7 Å². The van der Waals surface area contributed by atoms with E-state index >= 15 is 0 Å². The molecule has 0 saturated carbocycles. The van der Waals surface area contributed by atoms with Crippen LogP contribution in [0.4, 0.5) is 0 Å². The van der Waals surface area contributed by atoms with Crippen molar-refractivity contribution in [3.63, 3.8) is 0 Å². The summed E-state index contributed by atoms with van der Waals surface area (Å²) in [5.74, 6) is 0.895. The molecule has 0 unspecified atom stereocenters. The first-order valence-electron chi connectivity index (χ1n) is 11.4. The summed E-state index contributed by atoms with van der Waals surface area (Å²) >= 11 is 0. The summed E-state index contributed by atoms with van der Waals surface area (Å²) in [5, 5.41) is 3.36. The normalized spacial score (nSPS) is 19.1. The molecular formula is C24H36N4O3. The van der Waals surface area contributed by atoms with Crippen LogP contribution in [0.15, 0.2) is 24.3 Å². The monoisotopic (exact) mass is 428 g/mol. The molecule has 1 fully saturated rings. The third-order valence-electron chi connectivity index (χ3n) is 5.99. The van der Waals surface area contributed by atoms with Crippen LogP contribution in [0.5, 0.6) is 0 Å². The molecule has 1 aliphatic rings. The average Bonchev–Trinajstić information content (AvgIpc) is 3.13. The van der Waals surface area contributed by atoms with Gasteiger partial charge in [0.2, 0.25) is 0 Å². The van der Waals surface area contributed by atoms with Crippen molar-refractivity contribution in [2.75, 3.05) is 33.4 Å². The molecule has 3 rings (SSSR count). The molecule has 0 aliphatic carbocycles. The zero-order chi connectivity index (χ0) is 22.4. The molecule has 1 N–H and O–H groups in total. The second kappa shape index (κ2) is 10.9. The van der Waals surface area contributed by atoms with E-state index in [2.05, 4.69) is 23.7 Å². The maximum Gasteiger partial charge on any atom is 0.290 e. The lowest BCUT2D eigenvalue weighted by Crippen LogP contribution is -2.53. The molecule has 2 heterocycles. The highest BCUT2D eigenvalue weighted by Crippen LogP contribution is 2.23. The van der Waals surface area contributed by atoms with E-state index < -0.39 is 0 Å². The van der Waals surface area contributed by atoms with E-state index in [1.165, 1.54) is 0 Å². The summed E-state index contributed by atoms with van der Waals surface area (Å²) in [4.78, 5) is 32.5. The Kier molecular flexibility index (Phi) is 8.21. The number of methoxy groups -OCH3 is 1. The van der Waals surface area contributed by atoms with Crippen LogP contribution in [0.25, 0.3) is 11.0 Å². The molecule has 1 aromatic carbocycles. The van der Waals surface area contributed by atoms with Crippen LogP contribution in [0.2, 0.25) is 0 Å². The van der Waals surface area contributed by atoms with Gasteiger partial charge < -0.3 is 19.5 Å². The number of aryl methyl sites for hydroxylation is 1. The Labute approximate surface area is 185 Å². The van der Waals surface area contributed by atoms with E-state index in [0.29, 0.717) is 44.4 Å². The van der Waals surface area contributed by atoms with E-state index in [0.717, 1.165) is 30.4 Å². The third-order valence-corrected chi connectivity index (χ3v) is 5.99. The number of aromatic nitrogens is 2. The molecule has 1 saturated heterocycles. The first-order valence-corrected chi connectivity index (χ1v) is 11.4. The Morgan fingerprint density at radius 1 is 1.26 bits per heavy atom. The minimum atomic E-state index is -0.0485. The van der Waals surface area contributed by atoms with Gasteiger partial charge in [0.05, 0.1) is 11.0 Å². The number of nitrogens with zero attached hydrogens (tertiary/aromatic N) is 3. The number of Topliss-reactive ketones (excluding diaryl/α,β-unsaturated/α-hetero) is 1. The number of nitrogens with one attached hydrogen (secondary N) is 1. The summed E-state index contributed by atoms with van der Waals surface area (Å²) in [6.45, 7) is 9.34. The van der Waals surface area contributed by atoms with E-state index in [-0.39, 0.29) is 23.7 Å². The van der Waals surface area contributed by atoms with E-state index in [9.17, 15) is 9.59 Å². The fourth-order valence-electron chi connectivity index (χ4n) is 4.37. The minimum absolute atomic E-state index is 0.0145. The van der Waals surface area contributed by atoms with Crippen LogP contribution in [0.1, 0.15) is 50.7 Å². The third kappa shape index (κ3) is 5.71. The van der Waals surface area contributed by atoms with Gasteiger partial charge in [-0.15, -0.1) is 0 Å². The van der Waals surface area contributed by atoms with Crippen LogP contribution in [0, 0.1) is 11.8 Å². The molecule has 170 valence electrons. The topological polar surface area (TPSA) is 76.5 Å². The fourth-order valence-corrected chi connectivity index (χ4v) is 4.37. The van der Waals surface area contributed by atoms with E-state index in [4.69, 9.17) is 9.72 Å². The molecule has 2 atom stereocenters. The molecule has 0 bridgehead atoms. The highest BCUT2D eigenvalue weighted by Gasteiger charge is 2.34. The van der Waals surface area contributed by atoms with Gasteiger partial charge in [0.15, 0.2) is 5.82 Å². The van der Waals surface area contributed by atoms with E-state index in [1.807, 2.05) is 29.2 Å². The molecule has 1 aliphatic heterocycles. The van der Waals surface area contributed by atoms with Crippen molar-refractivity contribution in [2.24, 2.45) is 11.8 Å². The van der Waals surface area contributed by atoms with Crippen LogP contribution in [-0.2, 0) is 16.1 Å². The number of hydrogen-bond acceptors (Lipinski definition) is 5. The Hall–Kier alpha value is -2.25. The van der Waals surface area contributed by atoms with Gasteiger partial charge in [-0.05, 0) is 44.2 Å². The van der Waals surface area contributed by atoms with Crippen molar-refractivity contribution in [1.29, 1.82) is 0 Å². The van der Waals surface area contributed by atoms with Crippen molar-refractivity contribution in [1.82, 2.24) is 19.8 Å². The second-order valence-electron chi connectivity index (χ2n) is 8.98. The number of ether oxygens (including phenoxy) is 1. The number of para-hydroxylation sites is 2. The number of hydrogen-bond donors (Lipinski definition) is 1. The van der Waals surface area contributed by atoms with Gasteiger partial charge in [0.1, 0.15) is 5.78 Å². The molecule has 1 aromatic heterocycles. The maximum absolute atomic E-state index is 13.8. The Bertz CT molecular complexity index is 892. The average molecular weight is 429 g/mol. The summed E-state index contributed by atoms with van der Waals surface area (Å²) in [6.07, 6.45) is 2.55. The number of rotatable bonds is 10. The van der Waals surface area contributed by atoms with Crippen LogP contribution >= 0.6 is 0 Å². The van der Waals surface area contributed by atoms with Crippen LogP contribution < -0.4 is 5.32 Å². The number of ketones is 1. The van der Waals surface area contributed by atoms with Gasteiger partial charge in [-0.2, -0.15) is 0 Å². The lowest BCUT2D eigenvalue weighted by atomic mass is 9.91. The summed E-state index contributed by atoms with van der Waals surface area (Å²) in [5.41, 5.74) is 1.82. The number of unbranched alkanes of at least 4 members (excludes halogenated alkanes) is 1. The lowest BCUT2D eigenvalue weighted by molar-refractivity contribution is -0.121. The Balaban J connectivity index is 1.92. The highest BCUT2D eigenvalue weighted by molar-refractivity contribution is 5.95. The minimum Gasteiger partial charge on any atom is -0.385 e. The molecule has 7 heteroatoms. The van der Waals surface area contributed by atoms with Crippen LogP contribution in [0.3, 0.4) is 0 Å². The zero-order valence-corrected chi connectivity index (χ0v) is 19.3. The van der Waals surface area contributed by atoms with Gasteiger partial charge in [-0.1, -0.05) is 26.0 Å². The van der Waals surface area contributed by atoms with Crippen molar-refractivity contribution in [2.45, 2.75) is 52.6 Å². The summed E-state index contributed by atoms with van der Waals surface area (Å²) in [6, 6.07) is 7.90. The number of fused-ring (bicyclic) bond motifs is 1. The standard InChI is InChI=1S/C24H36N4O3/c1-17(2)16-28(20-13-19(18(3)29)14-25-15-20)24(30)23-26-21-9-5-6-10-22(21)27(23)11-7-8-12-31-4/h5-6,9-10,17,19-20,25H,7-8,11-16H2,1-4H3/t19-,20+/m1/s1. The molecule has 31 heavy (non-hydrogen) atoms. The molecule has 1 amide bonds. The lowest BCUT2D eigenvalue weighted by Gasteiger charge is -2.38. The van der Waals surface area contributed by atoms with Gasteiger partial charge in [0, 0.05) is 51.9 Å². The van der Waals surface area contributed by atoms with Gasteiger partial charge in [-0.3, -0.25) is 9.59 Å². The molecule has 2 aromatic rings. The highest BCUT2D eigenvalue weighted by atomic mass is 16.5. The number of carbonyl (C=O) groups is 2. The first kappa shape index (κ1) is 23.4. The molecular weight excluding hydrogens is 392 g/mol. The Morgan fingerprint density at radius 3 is 2.74 bits per heavy atom. The molecule has 0 spiro atoms. The van der Waals surface area contributed by atoms with Crippen molar-refractivity contribution in [3.05, 3.63) is 30.1 Å². The second-order valence-corrected chi connectivity index (χ2v) is 8.98. The van der Waals surface area contributed by atoms with E-state index in [1.54, 1.807) is 14.0 Å². The first-order chi connectivity index (χ1) is 14.9. The number of carbonyl (C=O) groups excluding carboxylic acids is 2. The zero-order valence-electron chi connectivity index (χ0n) is 19.3. The fraction of sp³-hybridized carbons (Fsp3) is 0.625. The maximum atomic E-state index is 13.8.